The first-order chi connectivity index (χ1) is 8.84. The van der Waals surface area contributed by atoms with E-state index in [4.69, 9.17) is 16.1 Å². The lowest BCUT2D eigenvalue weighted by Gasteiger charge is -2.03. The number of alkyl halides is 1. The van der Waals surface area contributed by atoms with Gasteiger partial charge in [0.25, 0.3) is 0 Å². The summed E-state index contributed by atoms with van der Waals surface area (Å²) in [6, 6.07) is 9.79. The van der Waals surface area contributed by atoms with Crippen LogP contribution in [0.3, 0.4) is 0 Å². The molecule has 2 atom stereocenters. The van der Waals surface area contributed by atoms with Crippen LogP contribution in [0.4, 0.5) is 0 Å². The van der Waals surface area contributed by atoms with Crippen molar-refractivity contribution < 1.29 is 4.52 Å². The van der Waals surface area contributed by atoms with Crippen molar-refractivity contribution in [2.24, 2.45) is 0 Å². The van der Waals surface area contributed by atoms with Crippen molar-refractivity contribution in [3.05, 3.63) is 47.6 Å². The lowest BCUT2D eigenvalue weighted by atomic mass is 10.1. The fourth-order valence-electron chi connectivity index (χ4n) is 2.03. The van der Waals surface area contributed by atoms with Crippen LogP contribution in [0.2, 0.25) is 0 Å². The lowest BCUT2D eigenvalue weighted by Crippen LogP contribution is -1.95. The average Bonchev–Trinajstić information content (AvgIpc) is 3.09. The topological polar surface area (TPSA) is 38.9 Å². The Labute approximate surface area is 115 Å². The van der Waals surface area contributed by atoms with E-state index in [1.165, 1.54) is 12.2 Å². The Morgan fingerprint density at radius 2 is 2.17 bits per heavy atom. The predicted molar refractivity (Wildman–Crippen MR) is 72.9 cm³/mol. The summed E-state index contributed by atoms with van der Waals surface area (Å²) in [7, 11) is 0. The van der Waals surface area contributed by atoms with Gasteiger partial charge in [-0.15, -0.1) is 11.6 Å². The van der Waals surface area contributed by atoms with E-state index in [9.17, 15) is 0 Å². The molecule has 2 heterocycles. The van der Waals surface area contributed by atoms with Crippen LogP contribution in [0.1, 0.15) is 40.7 Å². The standard InChI is InChI=1S/C13H13ClN2OS/c14-11(9-5-2-1-3-6-9)13-15-12(16-17-13)10-7-4-8-18-10/h1-3,5-6,10-11H,4,7-8H2. The molecule has 2 unspecified atom stereocenters. The van der Waals surface area contributed by atoms with Crippen LogP contribution in [-0.4, -0.2) is 15.9 Å². The van der Waals surface area contributed by atoms with Crippen LogP contribution in [0.5, 0.6) is 0 Å². The molecule has 0 aliphatic carbocycles. The molecule has 0 amide bonds. The highest BCUT2D eigenvalue weighted by molar-refractivity contribution is 7.99. The molecule has 3 nitrogen and oxygen atoms in total. The van der Waals surface area contributed by atoms with Crippen molar-refractivity contribution in [1.82, 2.24) is 10.1 Å². The summed E-state index contributed by atoms with van der Waals surface area (Å²) in [5, 5.41) is 4.07. The molecule has 0 radical (unpaired) electrons. The Kier molecular flexibility index (Phi) is 3.57. The molecular formula is C13H13ClN2OS. The van der Waals surface area contributed by atoms with Gasteiger partial charge in [-0.05, 0) is 24.2 Å². The number of thioether (sulfide) groups is 1. The van der Waals surface area contributed by atoms with Gasteiger partial charge in [-0.1, -0.05) is 35.5 Å². The molecule has 1 aliphatic heterocycles. The zero-order chi connectivity index (χ0) is 12.4. The van der Waals surface area contributed by atoms with Crippen molar-refractivity contribution in [3.63, 3.8) is 0 Å². The van der Waals surface area contributed by atoms with Crippen LogP contribution in [-0.2, 0) is 0 Å². The Morgan fingerprint density at radius 1 is 1.33 bits per heavy atom. The molecule has 3 rings (SSSR count). The SMILES string of the molecule is ClC(c1ccccc1)c1nc(C2CCCS2)no1. The number of aromatic nitrogens is 2. The Balaban J connectivity index is 1.80. The number of nitrogens with zero attached hydrogens (tertiary/aromatic N) is 2. The summed E-state index contributed by atoms with van der Waals surface area (Å²) in [6.45, 7) is 0. The van der Waals surface area contributed by atoms with E-state index >= 15 is 0 Å². The highest BCUT2D eigenvalue weighted by atomic mass is 35.5. The molecule has 2 aromatic rings. The quantitative estimate of drug-likeness (QED) is 0.798. The Hall–Kier alpha value is -1.00. The fraction of sp³-hybridized carbons (Fsp3) is 0.385. The summed E-state index contributed by atoms with van der Waals surface area (Å²) in [5.41, 5.74) is 0.980. The Morgan fingerprint density at radius 3 is 2.89 bits per heavy atom. The third kappa shape index (κ3) is 2.40. The number of halogens is 1. The van der Waals surface area contributed by atoms with Crippen molar-refractivity contribution in [2.45, 2.75) is 23.5 Å². The normalized spacial score (nSPS) is 21.1. The fourth-order valence-corrected chi connectivity index (χ4v) is 3.46. The third-order valence-corrected chi connectivity index (χ3v) is 4.80. The predicted octanol–water partition coefficient (Wildman–Crippen LogP) is 3.97. The van der Waals surface area contributed by atoms with Gasteiger partial charge in [0.05, 0.1) is 5.25 Å². The number of hydrogen-bond donors (Lipinski definition) is 0. The second kappa shape index (κ2) is 5.33. The molecule has 1 aromatic carbocycles. The largest absolute Gasteiger partial charge is 0.337 e. The van der Waals surface area contributed by atoms with Gasteiger partial charge in [-0.3, -0.25) is 0 Å². The van der Waals surface area contributed by atoms with Crippen LogP contribution in [0.25, 0.3) is 0 Å². The smallest absolute Gasteiger partial charge is 0.249 e. The van der Waals surface area contributed by atoms with E-state index in [0.29, 0.717) is 11.1 Å². The first-order valence-corrected chi connectivity index (χ1v) is 7.47. The highest BCUT2D eigenvalue weighted by Gasteiger charge is 2.25. The van der Waals surface area contributed by atoms with Gasteiger partial charge in [-0.2, -0.15) is 16.7 Å². The van der Waals surface area contributed by atoms with Gasteiger partial charge in [-0.25, -0.2) is 0 Å². The minimum atomic E-state index is -0.362. The maximum absolute atomic E-state index is 6.35. The van der Waals surface area contributed by atoms with Crippen LogP contribution in [0.15, 0.2) is 34.9 Å². The van der Waals surface area contributed by atoms with E-state index in [1.807, 2.05) is 42.1 Å². The van der Waals surface area contributed by atoms with Crippen molar-refractivity contribution in [1.29, 1.82) is 0 Å². The maximum atomic E-state index is 6.35. The van der Waals surface area contributed by atoms with Crippen LogP contribution < -0.4 is 0 Å². The molecule has 1 aliphatic rings. The van der Waals surface area contributed by atoms with E-state index in [1.54, 1.807) is 0 Å². The molecule has 0 spiro atoms. The van der Waals surface area contributed by atoms with E-state index < -0.39 is 0 Å². The molecule has 1 saturated heterocycles. The third-order valence-electron chi connectivity index (χ3n) is 2.98. The second-order valence-corrected chi connectivity index (χ2v) is 6.01. The van der Waals surface area contributed by atoms with Gasteiger partial charge in [0.15, 0.2) is 5.82 Å². The molecule has 0 N–H and O–H groups in total. The maximum Gasteiger partial charge on any atom is 0.249 e. The van der Waals surface area contributed by atoms with Crippen molar-refractivity contribution in [3.8, 4) is 0 Å². The van der Waals surface area contributed by atoms with Crippen LogP contribution in [0, 0.1) is 0 Å². The minimum absolute atomic E-state index is 0.362. The van der Waals surface area contributed by atoms with Crippen LogP contribution >= 0.6 is 23.4 Å². The van der Waals surface area contributed by atoms with Gasteiger partial charge < -0.3 is 4.52 Å². The molecule has 1 fully saturated rings. The zero-order valence-electron chi connectivity index (χ0n) is 9.75. The first-order valence-electron chi connectivity index (χ1n) is 5.99. The van der Waals surface area contributed by atoms with E-state index in [0.717, 1.165) is 17.8 Å². The monoisotopic (exact) mass is 280 g/mol. The summed E-state index contributed by atoms with van der Waals surface area (Å²) in [6.07, 6.45) is 2.35. The molecular weight excluding hydrogens is 268 g/mol. The molecule has 0 bridgehead atoms. The van der Waals surface area contributed by atoms with Gasteiger partial charge in [0.2, 0.25) is 5.89 Å². The lowest BCUT2D eigenvalue weighted by molar-refractivity contribution is 0.376. The van der Waals surface area contributed by atoms with Crippen molar-refractivity contribution >= 4 is 23.4 Å². The van der Waals surface area contributed by atoms with Crippen molar-refractivity contribution in [2.75, 3.05) is 5.75 Å². The molecule has 94 valence electrons. The zero-order valence-corrected chi connectivity index (χ0v) is 11.3. The number of benzene rings is 1. The van der Waals surface area contributed by atoms with Gasteiger partial charge in [0, 0.05) is 0 Å². The first kappa shape index (κ1) is 12.1. The molecule has 0 saturated carbocycles. The van der Waals surface area contributed by atoms with Gasteiger partial charge >= 0.3 is 0 Å². The molecule has 1 aromatic heterocycles. The summed E-state index contributed by atoms with van der Waals surface area (Å²) in [5.74, 6) is 2.46. The van der Waals surface area contributed by atoms with E-state index in [-0.39, 0.29) is 5.38 Å². The number of hydrogen-bond acceptors (Lipinski definition) is 4. The second-order valence-electron chi connectivity index (χ2n) is 4.27. The Bertz CT molecular complexity index is 511. The minimum Gasteiger partial charge on any atom is -0.337 e. The molecule has 18 heavy (non-hydrogen) atoms. The number of rotatable bonds is 3. The van der Waals surface area contributed by atoms with Gasteiger partial charge in [0.1, 0.15) is 5.38 Å². The molecule has 5 heteroatoms. The highest BCUT2D eigenvalue weighted by Crippen LogP contribution is 2.39. The average molecular weight is 281 g/mol. The summed E-state index contributed by atoms with van der Waals surface area (Å²) in [4.78, 5) is 4.44. The summed E-state index contributed by atoms with van der Waals surface area (Å²) < 4.78 is 5.29. The summed E-state index contributed by atoms with van der Waals surface area (Å²) >= 11 is 8.24. The van der Waals surface area contributed by atoms with E-state index in [2.05, 4.69) is 10.1 Å².